The van der Waals surface area contributed by atoms with Crippen LogP contribution in [-0.2, 0) is 0 Å². The fourth-order valence-electron chi connectivity index (χ4n) is 4.41. The number of hydrogen-bond acceptors (Lipinski definition) is 6. The number of benzene rings is 1. The SMILES string of the molecule is CC(C)c1cnc(-c2cc(Cl)ccc2F)nc1Nc1ccnc2[nH]cc(N3CCNCC3C)c12. The zero-order chi connectivity index (χ0) is 23.8. The predicted octanol–water partition coefficient (Wildman–Crippen LogP) is 5.48. The van der Waals surface area contributed by atoms with Crippen LogP contribution >= 0.6 is 11.6 Å². The second-order valence-electron chi connectivity index (χ2n) is 8.90. The number of H-pyrrole nitrogens is 1. The minimum absolute atomic E-state index is 0.164. The first kappa shape index (κ1) is 22.6. The van der Waals surface area contributed by atoms with E-state index in [2.05, 4.69) is 51.3 Å². The van der Waals surface area contributed by atoms with Crippen LogP contribution in [0.1, 0.15) is 32.3 Å². The molecule has 4 aromatic rings. The van der Waals surface area contributed by atoms with Crippen LogP contribution in [0.5, 0.6) is 0 Å². The van der Waals surface area contributed by atoms with Crippen LogP contribution < -0.4 is 15.5 Å². The van der Waals surface area contributed by atoms with Crippen molar-refractivity contribution in [2.75, 3.05) is 29.9 Å². The van der Waals surface area contributed by atoms with Gasteiger partial charge in [0.25, 0.3) is 0 Å². The maximum absolute atomic E-state index is 14.6. The van der Waals surface area contributed by atoms with Gasteiger partial charge >= 0.3 is 0 Å². The van der Waals surface area contributed by atoms with E-state index < -0.39 is 5.82 Å². The molecule has 0 aliphatic carbocycles. The second-order valence-corrected chi connectivity index (χ2v) is 9.34. The highest BCUT2D eigenvalue weighted by molar-refractivity contribution is 6.30. The van der Waals surface area contributed by atoms with Gasteiger partial charge in [-0.1, -0.05) is 25.4 Å². The van der Waals surface area contributed by atoms with Crippen molar-refractivity contribution in [1.29, 1.82) is 0 Å². The largest absolute Gasteiger partial charge is 0.364 e. The summed E-state index contributed by atoms with van der Waals surface area (Å²) in [5.74, 6) is 0.658. The van der Waals surface area contributed by atoms with E-state index in [4.69, 9.17) is 16.6 Å². The molecular formula is C25H27ClFN7. The van der Waals surface area contributed by atoms with E-state index in [-0.39, 0.29) is 17.3 Å². The summed E-state index contributed by atoms with van der Waals surface area (Å²) < 4.78 is 14.6. The average molecular weight is 480 g/mol. The first-order chi connectivity index (χ1) is 16.4. The number of piperazine rings is 1. The summed E-state index contributed by atoms with van der Waals surface area (Å²) in [5.41, 5.74) is 3.98. The maximum Gasteiger partial charge on any atom is 0.164 e. The Kier molecular flexibility index (Phi) is 6.10. The number of fused-ring (bicyclic) bond motifs is 1. The predicted molar refractivity (Wildman–Crippen MR) is 136 cm³/mol. The summed E-state index contributed by atoms with van der Waals surface area (Å²) in [7, 11) is 0. The highest BCUT2D eigenvalue weighted by Gasteiger charge is 2.23. The Hall–Kier alpha value is -3.23. The van der Waals surface area contributed by atoms with Crippen LogP contribution in [0, 0.1) is 5.82 Å². The third-order valence-corrected chi connectivity index (χ3v) is 6.46. The number of pyridine rings is 1. The van der Waals surface area contributed by atoms with E-state index in [1.165, 1.54) is 12.1 Å². The highest BCUT2D eigenvalue weighted by Crippen LogP contribution is 2.36. The van der Waals surface area contributed by atoms with Gasteiger partial charge in [-0.15, -0.1) is 0 Å². The van der Waals surface area contributed by atoms with Gasteiger partial charge in [-0.3, -0.25) is 0 Å². The lowest BCUT2D eigenvalue weighted by Gasteiger charge is -2.35. The molecule has 0 saturated carbocycles. The number of nitrogens with one attached hydrogen (secondary N) is 3. The molecule has 1 aromatic carbocycles. The molecule has 9 heteroatoms. The summed E-state index contributed by atoms with van der Waals surface area (Å²) in [6.07, 6.45) is 5.53. The molecule has 1 unspecified atom stereocenters. The number of anilines is 3. The van der Waals surface area contributed by atoms with Crippen LogP contribution in [-0.4, -0.2) is 45.6 Å². The van der Waals surface area contributed by atoms with Crippen molar-refractivity contribution >= 4 is 39.8 Å². The molecule has 0 spiro atoms. The number of aromatic amines is 1. The summed E-state index contributed by atoms with van der Waals surface area (Å²) in [4.78, 5) is 19.4. The first-order valence-corrected chi connectivity index (χ1v) is 11.8. The molecule has 3 N–H and O–H groups in total. The van der Waals surface area contributed by atoms with Crippen LogP contribution in [0.2, 0.25) is 5.02 Å². The van der Waals surface area contributed by atoms with Gasteiger partial charge in [0.2, 0.25) is 0 Å². The summed E-state index contributed by atoms with van der Waals surface area (Å²) in [6.45, 7) is 9.13. The van der Waals surface area contributed by atoms with E-state index in [0.29, 0.717) is 16.9 Å². The van der Waals surface area contributed by atoms with Crippen molar-refractivity contribution in [1.82, 2.24) is 25.3 Å². The molecule has 4 heterocycles. The van der Waals surface area contributed by atoms with Gasteiger partial charge in [0, 0.05) is 54.9 Å². The standard InChI is InChI=1S/C25H27ClFN7/c1-14(2)18-12-30-23(17-10-16(26)4-5-19(17)27)33-24(18)32-20-6-7-29-25-22(20)21(13-31-25)34-9-8-28-11-15(34)3/h4-7,10,12-15,28H,8-9,11H2,1-3H3,(H2,29,30,31,32,33). The third kappa shape index (κ3) is 4.19. The fraction of sp³-hybridized carbons (Fsp3) is 0.320. The topological polar surface area (TPSA) is 81.8 Å². The van der Waals surface area contributed by atoms with Crippen molar-refractivity contribution in [2.24, 2.45) is 0 Å². The molecule has 3 aromatic heterocycles. The van der Waals surface area contributed by atoms with Crippen LogP contribution in [0.25, 0.3) is 22.4 Å². The molecule has 0 amide bonds. The molecule has 1 aliphatic heterocycles. The monoisotopic (exact) mass is 479 g/mol. The quantitative estimate of drug-likeness (QED) is 0.352. The van der Waals surface area contributed by atoms with Crippen molar-refractivity contribution in [3.05, 3.63) is 59.3 Å². The molecule has 1 atom stereocenters. The van der Waals surface area contributed by atoms with Crippen LogP contribution in [0.3, 0.4) is 0 Å². The number of aromatic nitrogens is 4. The van der Waals surface area contributed by atoms with E-state index in [1.54, 1.807) is 18.5 Å². The maximum atomic E-state index is 14.6. The Labute approximate surface area is 202 Å². The Balaban J connectivity index is 1.61. The second kappa shape index (κ2) is 9.19. The third-order valence-electron chi connectivity index (χ3n) is 6.22. The van der Waals surface area contributed by atoms with E-state index in [1.807, 2.05) is 12.3 Å². The molecule has 1 aliphatic rings. The molecule has 1 fully saturated rings. The van der Waals surface area contributed by atoms with Gasteiger partial charge in [0.05, 0.1) is 22.3 Å². The number of halogens is 2. The van der Waals surface area contributed by atoms with E-state index in [0.717, 1.165) is 47.6 Å². The lowest BCUT2D eigenvalue weighted by Crippen LogP contribution is -2.49. The Morgan fingerprint density at radius 3 is 2.88 bits per heavy atom. The summed E-state index contributed by atoms with van der Waals surface area (Å²) in [5, 5.41) is 8.38. The number of rotatable bonds is 5. The van der Waals surface area contributed by atoms with Gasteiger partial charge < -0.3 is 20.5 Å². The van der Waals surface area contributed by atoms with Crippen LogP contribution in [0.15, 0.2) is 42.9 Å². The molecular weight excluding hydrogens is 453 g/mol. The molecule has 34 heavy (non-hydrogen) atoms. The first-order valence-electron chi connectivity index (χ1n) is 11.4. The molecule has 0 bridgehead atoms. The fourth-order valence-corrected chi connectivity index (χ4v) is 4.58. The summed E-state index contributed by atoms with van der Waals surface area (Å²) in [6, 6.07) is 6.69. The molecule has 176 valence electrons. The van der Waals surface area contributed by atoms with Crippen molar-refractivity contribution in [3.63, 3.8) is 0 Å². The van der Waals surface area contributed by atoms with E-state index in [9.17, 15) is 4.39 Å². The van der Waals surface area contributed by atoms with Crippen molar-refractivity contribution in [3.8, 4) is 11.4 Å². The minimum Gasteiger partial charge on any atom is -0.364 e. The van der Waals surface area contributed by atoms with Gasteiger partial charge in [0.1, 0.15) is 17.3 Å². The van der Waals surface area contributed by atoms with Crippen molar-refractivity contribution in [2.45, 2.75) is 32.7 Å². The van der Waals surface area contributed by atoms with Gasteiger partial charge in [-0.05, 0) is 37.1 Å². The van der Waals surface area contributed by atoms with Crippen LogP contribution in [0.4, 0.5) is 21.6 Å². The van der Waals surface area contributed by atoms with Gasteiger partial charge in [-0.2, -0.15) is 0 Å². The van der Waals surface area contributed by atoms with Gasteiger partial charge in [0.15, 0.2) is 5.82 Å². The zero-order valence-corrected chi connectivity index (χ0v) is 20.1. The Morgan fingerprint density at radius 2 is 2.09 bits per heavy atom. The smallest absolute Gasteiger partial charge is 0.164 e. The number of hydrogen-bond donors (Lipinski definition) is 3. The normalized spacial score (nSPS) is 16.4. The zero-order valence-electron chi connectivity index (χ0n) is 19.4. The highest BCUT2D eigenvalue weighted by atomic mass is 35.5. The van der Waals surface area contributed by atoms with Gasteiger partial charge in [-0.25, -0.2) is 19.3 Å². The number of nitrogens with zero attached hydrogens (tertiary/aromatic N) is 4. The van der Waals surface area contributed by atoms with Crippen molar-refractivity contribution < 1.29 is 4.39 Å². The lowest BCUT2D eigenvalue weighted by molar-refractivity contribution is 0.502. The molecule has 7 nitrogen and oxygen atoms in total. The van der Waals surface area contributed by atoms with E-state index >= 15 is 0 Å². The summed E-state index contributed by atoms with van der Waals surface area (Å²) >= 11 is 6.12. The molecule has 5 rings (SSSR count). The minimum atomic E-state index is -0.417. The Morgan fingerprint density at radius 1 is 1.24 bits per heavy atom. The average Bonchev–Trinajstić information content (AvgIpc) is 3.26. The lowest BCUT2D eigenvalue weighted by atomic mass is 10.1. The molecule has 1 saturated heterocycles. The molecule has 0 radical (unpaired) electrons. The Bertz CT molecular complexity index is 1340.